The van der Waals surface area contributed by atoms with E-state index in [9.17, 15) is 5.11 Å². The molecule has 0 saturated heterocycles. The van der Waals surface area contributed by atoms with E-state index in [-0.39, 0.29) is 5.75 Å². The summed E-state index contributed by atoms with van der Waals surface area (Å²) < 4.78 is 5.60. The Bertz CT molecular complexity index is 778. The molecule has 0 aromatic heterocycles. The highest BCUT2D eigenvalue weighted by Crippen LogP contribution is 2.37. The number of benzene rings is 2. The Kier molecular flexibility index (Phi) is 9.85. The molecule has 0 bridgehead atoms. The van der Waals surface area contributed by atoms with Crippen molar-refractivity contribution in [2.24, 2.45) is 11.8 Å². The largest absolute Gasteiger partial charge is 0.508 e. The SMILES string of the molecule is CI.COc1c(/C=C/CCC2CCC(C)CC2)ccc(-c2ccc(O)cc2)c1N. The highest BCUT2D eigenvalue weighted by molar-refractivity contribution is 14.1. The molecule has 0 heterocycles. The Morgan fingerprint density at radius 1 is 1.07 bits per heavy atom. The average molecular weight is 507 g/mol. The van der Waals surface area contributed by atoms with E-state index < -0.39 is 0 Å². The number of methoxy groups -OCH3 is 1. The Hall–Kier alpha value is -1.69. The molecule has 0 radical (unpaired) electrons. The predicted octanol–water partition coefficient (Wildman–Crippen LogP) is 7.32. The summed E-state index contributed by atoms with van der Waals surface area (Å²) in [7, 11) is 1.66. The molecule has 2 aromatic carbocycles. The van der Waals surface area contributed by atoms with Gasteiger partial charge in [0, 0.05) is 11.1 Å². The lowest BCUT2D eigenvalue weighted by atomic mass is 9.81. The van der Waals surface area contributed by atoms with Crippen molar-refractivity contribution in [2.75, 3.05) is 17.8 Å². The number of phenols is 1. The second-order valence-electron chi connectivity index (χ2n) is 7.80. The van der Waals surface area contributed by atoms with Crippen LogP contribution in [0.2, 0.25) is 0 Å². The van der Waals surface area contributed by atoms with Gasteiger partial charge in [0.25, 0.3) is 0 Å². The highest BCUT2D eigenvalue weighted by Gasteiger charge is 2.17. The van der Waals surface area contributed by atoms with Crippen LogP contribution in [0.15, 0.2) is 42.5 Å². The van der Waals surface area contributed by atoms with Crippen molar-refractivity contribution in [1.29, 1.82) is 0 Å². The molecular formula is C25H34INO2. The van der Waals surface area contributed by atoms with Gasteiger partial charge < -0.3 is 15.6 Å². The Morgan fingerprint density at radius 3 is 2.34 bits per heavy atom. The number of alkyl halides is 1. The number of hydrogen-bond acceptors (Lipinski definition) is 3. The molecule has 0 aliphatic heterocycles. The fourth-order valence-electron chi connectivity index (χ4n) is 4.03. The lowest BCUT2D eigenvalue weighted by molar-refractivity contribution is 0.279. The first-order chi connectivity index (χ1) is 14.1. The molecule has 0 atom stereocenters. The number of allylic oxidation sites excluding steroid dienone is 1. The molecule has 0 spiro atoms. The zero-order chi connectivity index (χ0) is 21.2. The predicted molar refractivity (Wildman–Crippen MR) is 134 cm³/mol. The van der Waals surface area contributed by atoms with Crippen molar-refractivity contribution in [2.45, 2.75) is 45.4 Å². The number of aromatic hydroxyl groups is 1. The summed E-state index contributed by atoms with van der Waals surface area (Å²) in [5, 5.41) is 9.48. The number of nitrogen functional groups attached to an aromatic ring is 1. The van der Waals surface area contributed by atoms with Gasteiger partial charge in [-0.1, -0.05) is 91.6 Å². The van der Waals surface area contributed by atoms with Gasteiger partial charge in [0.15, 0.2) is 0 Å². The summed E-state index contributed by atoms with van der Waals surface area (Å²) >= 11 is 2.15. The van der Waals surface area contributed by atoms with Crippen molar-refractivity contribution in [3.05, 3.63) is 48.0 Å². The standard InChI is InChI=1S/C24H31NO2.CH3I/c1-17-7-9-18(10-8-17)5-3-4-6-20-13-16-22(23(25)24(20)27-2)19-11-14-21(26)15-12-19;1-2/h4,6,11-18,26H,3,5,7-10,25H2,1-2H3;1H3/b6-4+;. The van der Waals surface area contributed by atoms with Crippen LogP contribution >= 0.6 is 22.6 Å². The number of ether oxygens (including phenoxy) is 1. The number of nitrogens with two attached hydrogens (primary N) is 1. The van der Waals surface area contributed by atoms with Gasteiger partial charge in [0.05, 0.1) is 12.8 Å². The molecule has 158 valence electrons. The maximum atomic E-state index is 9.48. The molecule has 29 heavy (non-hydrogen) atoms. The first-order valence-electron chi connectivity index (χ1n) is 10.4. The monoisotopic (exact) mass is 507 g/mol. The summed E-state index contributed by atoms with van der Waals surface area (Å²) in [5.41, 5.74) is 9.90. The van der Waals surface area contributed by atoms with E-state index in [2.05, 4.69) is 47.7 Å². The van der Waals surface area contributed by atoms with E-state index in [4.69, 9.17) is 10.5 Å². The number of anilines is 1. The summed E-state index contributed by atoms with van der Waals surface area (Å²) in [6.07, 6.45) is 12.3. The molecule has 3 N–H and O–H groups in total. The first-order valence-corrected chi connectivity index (χ1v) is 12.5. The van der Waals surface area contributed by atoms with E-state index >= 15 is 0 Å². The van der Waals surface area contributed by atoms with Crippen LogP contribution in [0, 0.1) is 11.8 Å². The molecular weight excluding hydrogens is 473 g/mol. The van der Waals surface area contributed by atoms with Gasteiger partial charge in [-0.15, -0.1) is 0 Å². The molecule has 1 saturated carbocycles. The van der Waals surface area contributed by atoms with Gasteiger partial charge in [-0.05, 0) is 47.3 Å². The minimum Gasteiger partial charge on any atom is -0.508 e. The van der Waals surface area contributed by atoms with Crippen molar-refractivity contribution in [3.63, 3.8) is 0 Å². The topological polar surface area (TPSA) is 55.5 Å². The number of halogens is 1. The molecule has 0 unspecified atom stereocenters. The minimum atomic E-state index is 0.247. The Balaban J connectivity index is 0.00000145. The van der Waals surface area contributed by atoms with Crippen molar-refractivity contribution >= 4 is 34.4 Å². The van der Waals surface area contributed by atoms with Crippen LogP contribution < -0.4 is 10.5 Å². The van der Waals surface area contributed by atoms with Crippen molar-refractivity contribution < 1.29 is 9.84 Å². The minimum absolute atomic E-state index is 0.247. The quantitative estimate of drug-likeness (QED) is 0.245. The molecule has 3 nitrogen and oxygen atoms in total. The van der Waals surface area contributed by atoms with Gasteiger partial charge in [-0.25, -0.2) is 0 Å². The number of hydrogen-bond donors (Lipinski definition) is 2. The van der Waals surface area contributed by atoms with E-state index in [1.807, 2.05) is 23.1 Å². The highest BCUT2D eigenvalue weighted by atomic mass is 127. The zero-order valence-corrected chi connectivity index (χ0v) is 20.0. The molecule has 1 aliphatic carbocycles. The Labute approximate surface area is 189 Å². The van der Waals surface area contributed by atoms with Crippen LogP contribution in [0.4, 0.5) is 5.69 Å². The van der Waals surface area contributed by atoms with Crippen LogP contribution in [0.3, 0.4) is 0 Å². The van der Waals surface area contributed by atoms with Crippen LogP contribution in [0.1, 0.15) is 51.0 Å². The van der Waals surface area contributed by atoms with Gasteiger partial charge in [0.2, 0.25) is 0 Å². The normalized spacial score (nSPS) is 18.9. The average Bonchev–Trinajstić information content (AvgIpc) is 2.75. The van der Waals surface area contributed by atoms with Gasteiger partial charge in [0.1, 0.15) is 11.5 Å². The lowest BCUT2D eigenvalue weighted by Crippen LogP contribution is -2.11. The van der Waals surface area contributed by atoms with E-state index in [0.717, 1.165) is 34.9 Å². The first kappa shape index (κ1) is 23.6. The van der Waals surface area contributed by atoms with Crippen molar-refractivity contribution in [1.82, 2.24) is 0 Å². The van der Waals surface area contributed by atoms with Gasteiger partial charge in [-0.3, -0.25) is 0 Å². The molecule has 3 rings (SSSR count). The van der Waals surface area contributed by atoms with Gasteiger partial charge >= 0.3 is 0 Å². The zero-order valence-electron chi connectivity index (χ0n) is 17.8. The second kappa shape index (κ2) is 12.1. The molecule has 1 fully saturated rings. The number of phenolic OH excluding ortho intramolecular Hbond substituents is 1. The summed E-state index contributed by atoms with van der Waals surface area (Å²) in [5.74, 6) is 2.75. The summed E-state index contributed by atoms with van der Waals surface area (Å²) in [6.45, 7) is 2.37. The fourth-order valence-corrected chi connectivity index (χ4v) is 4.03. The maximum Gasteiger partial charge on any atom is 0.149 e. The van der Waals surface area contributed by atoms with E-state index in [1.165, 1.54) is 32.1 Å². The van der Waals surface area contributed by atoms with Crippen LogP contribution in [0.25, 0.3) is 17.2 Å². The van der Waals surface area contributed by atoms with E-state index in [0.29, 0.717) is 11.4 Å². The molecule has 2 aromatic rings. The third-order valence-corrected chi connectivity index (χ3v) is 5.78. The second-order valence-corrected chi connectivity index (χ2v) is 7.80. The van der Waals surface area contributed by atoms with Crippen LogP contribution in [0.5, 0.6) is 11.5 Å². The lowest BCUT2D eigenvalue weighted by Gasteiger charge is -2.25. The summed E-state index contributed by atoms with van der Waals surface area (Å²) in [6, 6.07) is 11.1. The third kappa shape index (κ3) is 6.66. The molecule has 4 heteroatoms. The van der Waals surface area contributed by atoms with E-state index in [1.54, 1.807) is 19.2 Å². The molecule has 0 amide bonds. The van der Waals surface area contributed by atoms with Crippen LogP contribution in [-0.4, -0.2) is 17.1 Å². The van der Waals surface area contributed by atoms with Gasteiger partial charge in [-0.2, -0.15) is 0 Å². The molecule has 1 aliphatic rings. The third-order valence-electron chi connectivity index (χ3n) is 5.78. The summed E-state index contributed by atoms with van der Waals surface area (Å²) in [4.78, 5) is 1.97. The van der Waals surface area contributed by atoms with Crippen LogP contribution in [-0.2, 0) is 0 Å². The maximum absolute atomic E-state index is 9.48. The smallest absolute Gasteiger partial charge is 0.149 e. The number of rotatable bonds is 6. The Morgan fingerprint density at radius 2 is 1.72 bits per heavy atom. The fraction of sp³-hybridized carbons (Fsp3) is 0.440. The van der Waals surface area contributed by atoms with Crippen molar-refractivity contribution in [3.8, 4) is 22.6 Å².